The van der Waals surface area contributed by atoms with Crippen molar-refractivity contribution in [2.75, 3.05) is 12.0 Å². The predicted molar refractivity (Wildman–Crippen MR) is 100.0 cm³/mol. The summed E-state index contributed by atoms with van der Waals surface area (Å²) < 4.78 is 0. The first-order chi connectivity index (χ1) is 9.78. The van der Waals surface area contributed by atoms with Gasteiger partial charge in [-0.1, -0.05) is 64.2 Å². The van der Waals surface area contributed by atoms with Gasteiger partial charge in [0, 0.05) is 5.69 Å². The van der Waals surface area contributed by atoms with Gasteiger partial charge in [0.15, 0.2) is 8.24 Å². The third-order valence-electron chi connectivity index (χ3n) is 5.80. The standard InChI is InChI=1S/C17H32N2Si2/c1-14-16(20(3,4)18-2)12-13-17(14)21(5,6)19-15-10-8-7-9-11-15/h7-11,14,16-19H,12-13H2,1-6H3. The van der Waals surface area contributed by atoms with Gasteiger partial charge < -0.3 is 9.96 Å². The Morgan fingerprint density at radius 1 is 0.905 bits per heavy atom. The molecule has 2 N–H and O–H groups in total. The molecule has 1 aliphatic rings. The Morgan fingerprint density at radius 3 is 1.95 bits per heavy atom. The molecule has 2 nitrogen and oxygen atoms in total. The molecule has 4 heteroatoms. The predicted octanol–water partition coefficient (Wildman–Crippen LogP) is 4.90. The summed E-state index contributed by atoms with van der Waals surface area (Å²) in [6, 6.07) is 10.8. The monoisotopic (exact) mass is 320 g/mol. The van der Waals surface area contributed by atoms with Crippen molar-refractivity contribution in [1.29, 1.82) is 0 Å². The summed E-state index contributed by atoms with van der Waals surface area (Å²) in [7, 11) is -0.575. The number of nitrogens with one attached hydrogen (secondary N) is 2. The van der Waals surface area contributed by atoms with Crippen molar-refractivity contribution < 1.29 is 0 Å². The summed E-state index contributed by atoms with van der Waals surface area (Å²) in [5.41, 5.74) is 3.09. The highest BCUT2D eigenvalue weighted by atomic mass is 28.3. The summed E-state index contributed by atoms with van der Waals surface area (Å²) in [5, 5.41) is 0. The topological polar surface area (TPSA) is 24.1 Å². The lowest BCUT2D eigenvalue weighted by Crippen LogP contribution is -2.49. The van der Waals surface area contributed by atoms with E-state index in [0.717, 1.165) is 17.0 Å². The second-order valence-electron chi connectivity index (χ2n) is 7.83. The molecule has 1 aromatic rings. The smallest absolute Gasteiger partial charge is 0.150 e. The zero-order chi connectivity index (χ0) is 15.7. The van der Waals surface area contributed by atoms with Crippen LogP contribution in [0.5, 0.6) is 0 Å². The van der Waals surface area contributed by atoms with E-state index in [1.807, 2.05) is 0 Å². The molecule has 0 amide bonds. The van der Waals surface area contributed by atoms with Gasteiger partial charge >= 0.3 is 0 Å². The Kier molecular flexibility index (Phi) is 5.01. The lowest BCUT2D eigenvalue weighted by Gasteiger charge is -2.38. The van der Waals surface area contributed by atoms with Gasteiger partial charge in [0.25, 0.3) is 0 Å². The highest BCUT2D eigenvalue weighted by molar-refractivity contribution is 6.82. The lowest BCUT2D eigenvalue weighted by atomic mass is 10.1. The second-order valence-corrected chi connectivity index (χ2v) is 17.0. The zero-order valence-corrected chi connectivity index (χ0v) is 16.5. The van der Waals surface area contributed by atoms with E-state index in [-0.39, 0.29) is 0 Å². The molecule has 0 radical (unpaired) electrons. The SMILES string of the molecule is CN[Si](C)(C)C1CCC([Si](C)(C)Nc2ccccc2)C1C. The molecule has 0 aromatic heterocycles. The number of para-hydroxylation sites is 1. The minimum Gasteiger partial charge on any atom is -0.410 e. The van der Waals surface area contributed by atoms with Crippen LogP contribution in [0.1, 0.15) is 19.8 Å². The maximum atomic E-state index is 3.91. The summed E-state index contributed by atoms with van der Waals surface area (Å²) >= 11 is 0. The molecule has 0 heterocycles. The maximum absolute atomic E-state index is 3.91. The fourth-order valence-electron chi connectivity index (χ4n) is 4.37. The van der Waals surface area contributed by atoms with E-state index in [1.165, 1.54) is 18.5 Å². The van der Waals surface area contributed by atoms with E-state index >= 15 is 0 Å². The van der Waals surface area contributed by atoms with Crippen molar-refractivity contribution in [3.63, 3.8) is 0 Å². The van der Waals surface area contributed by atoms with Crippen LogP contribution in [0, 0.1) is 5.92 Å². The third kappa shape index (κ3) is 3.60. The summed E-state index contributed by atoms with van der Waals surface area (Å²) in [6.07, 6.45) is 2.82. The van der Waals surface area contributed by atoms with Gasteiger partial charge in [0.1, 0.15) is 8.24 Å². The normalized spacial score (nSPS) is 26.9. The maximum Gasteiger partial charge on any atom is 0.150 e. The van der Waals surface area contributed by atoms with Gasteiger partial charge in [-0.3, -0.25) is 0 Å². The molecular weight excluding hydrogens is 288 g/mol. The van der Waals surface area contributed by atoms with Crippen molar-refractivity contribution >= 4 is 22.2 Å². The average Bonchev–Trinajstić information content (AvgIpc) is 2.83. The van der Waals surface area contributed by atoms with Gasteiger partial charge in [-0.25, -0.2) is 0 Å². The summed E-state index contributed by atoms with van der Waals surface area (Å²) in [4.78, 5) is 7.58. The number of hydrogen-bond donors (Lipinski definition) is 2. The van der Waals surface area contributed by atoms with E-state index in [4.69, 9.17) is 0 Å². The number of hydrogen-bond acceptors (Lipinski definition) is 2. The van der Waals surface area contributed by atoms with Crippen LogP contribution in [0.25, 0.3) is 0 Å². The molecule has 118 valence electrons. The minimum atomic E-state index is -1.46. The molecule has 3 atom stereocenters. The Labute approximate surface area is 132 Å². The van der Waals surface area contributed by atoms with E-state index in [9.17, 15) is 0 Å². The molecule has 1 saturated carbocycles. The first kappa shape index (κ1) is 16.8. The van der Waals surface area contributed by atoms with Crippen LogP contribution in [0.2, 0.25) is 37.3 Å². The Hall–Kier alpha value is -0.586. The second kappa shape index (κ2) is 6.27. The van der Waals surface area contributed by atoms with Crippen molar-refractivity contribution in [2.45, 2.75) is 57.0 Å². The quantitative estimate of drug-likeness (QED) is 0.754. The van der Waals surface area contributed by atoms with Gasteiger partial charge in [-0.05, 0) is 36.2 Å². The molecular formula is C17H32N2Si2. The van der Waals surface area contributed by atoms with Gasteiger partial charge in [-0.2, -0.15) is 0 Å². The number of benzene rings is 1. The molecule has 1 fully saturated rings. The first-order valence-corrected chi connectivity index (χ1v) is 14.5. The molecule has 3 unspecified atom stereocenters. The summed E-state index contributed by atoms with van der Waals surface area (Å²) in [5.74, 6) is 0.844. The van der Waals surface area contributed by atoms with Crippen molar-refractivity contribution in [1.82, 2.24) is 4.98 Å². The number of rotatable bonds is 5. The van der Waals surface area contributed by atoms with Crippen LogP contribution in [0.15, 0.2) is 30.3 Å². The third-order valence-corrected chi connectivity index (χ3v) is 13.4. The fourth-order valence-corrected chi connectivity index (χ4v) is 10.9. The van der Waals surface area contributed by atoms with E-state index in [0.29, 0.717) is 0 Å². The Morgan fingerprint density at radius 2 is 1.43 bits per heavy atom. The first-order valence-electron chi connectivity index (χ1n) is 8.30. The molecule has 1 aromatic carbocycles. The molecule has 0 aliphatic heterocycles. The highest BCUT2D eigenvalue weighted by Crippen LogP contribution is 2.52. The van der Waals surface area contributed by atoms with Crippen LogP contribution in [-0.2, 0) is 0 Å². The fraction of sp³-hybridized carbons (Fsp3) is 0.647. The average molecular weight is 321 g/mol. The van der Waals surface area contributed by atoms with Gasteiger partial charge in [0.2, 0.25) is 0 Å². The summed E-state index contributed by atoms with van der Waals surface area (Å²) in [6.45, 7) is 12.5. The molecule has 1 aliphatic carbocycles. The molecule has 0 spiro atoms. The van der Waals surface area contributed by atoms with Gasteiger partial charge in [-0.15, -0.1) is 0 Å². The lowest BCUT2D eigenvalue weighted by molar-refractivity contribution is 0.576. The number of anilines is 1. The highest BCUT2D eigenvalue weighted by Gasteiger charge is 2.48. The van der Waals surface area contributed by atoms with Crippen molar-refractivity contribution in [3.05, 3.63) is 30.3 Å². The van der Waals surface area contributed by atoms with Crippen LogP contribution >= 0.6 is 0 Å². The van der Waals surface area contributed by atoms with Crippen LogP contribution in [0.3, 0.4) is 0 Å². The van der Waals surface area contributed by atoms with Crippen LogP contribution in [0.4, 0.5) is 5.69 Å². The van der Waals surface area contributed by atoms with E-state index < -0.39 is 16.5 Å². The van der Waals surface area contributed by atoms with Gasteiger partial charge in [0.05, 0.1) is 0 Å². The minimum absolute atomic E-state index is 0.844. The molecule has 0 saturated heterocycles. The Bertz CT molecular complexity index is 459. The van der Waals surface area contributed by atoms with Crippen molar-refractivity contribution in [3.8, 4) is 0 Å². The Balaban J connectivity index is 2.11. The molecule has 2 rings (SSSR count). The molecule has 0 bridgehead atoms. The zero-order valence-electron chi connectivity index (χ0n) is 14.5. The van der Waals surface area contributed by atoms with Crippen molar-refractivity contribution in [2.24, 2.45) is 5.92 Å². The molecule has 21 heavy (non-hydrogen) atoms. The van der Waals surface area contributed by atoms with Crippen LogP contribution < -0.4 is 9.96 Å². The largest absolute Gasteiger partial charge is 0.410 e. The van der Waals surface area contributed by atoms with Crippen LogP contribution in [-0.4, -0.2) is 23.5 Å². The van der Waals surface area contributed by atoms with E-state index in [1.54, 1.807) is 0 Å². The van der Waals surface area contributed by atoms with E-state index in [2.05, 4.69) is 80.5 Å².